The molecule has 41 heavy (non-hydrogen) atoms. The van der Waals surface area contributed by atoms with Gasteiger partial charge in [-0.2, -0.15) is 0 Å². The summed E-state index contributed by atoms with van der Waals surface area (Å²) in [5.74, 6) is 0.915. The van der Waals surface area contributed by atoms with Crippen molar-refractivity contribution in [2.24, 2.45) is 0 Å². The van der Waals surface area contributed by atoms with Gasteiger partial charge in [0.2, 0.25) is 0 Å². The van der Waals surface area contributed by atoms with Gasteiger partial charge < -0.3 is 15.0 Å². The molecule has 0 spiro atoms. The Bertz CT molecular complexity index is 1750. The smallest absolute Gasteiger partial charge is 0.268 e. The molecular weight excluding hydrogens is 512 g/mol. The number of methoxy groups -OCH3 is 1. The molecule has 3 heterocycles. The minimum atomic E-state index is -0.258. The zero-order chi connectivity index (χ0) is 28.3. The number of pyridine rings is 2. The molecule has 1 saturated carbocycles. The maximum Gasteiger partial charge on any atom is 0.268 e. The lowest BCUT2D eigenvalue weighted by molar-refractivity contribution is 0.0944. The number of carbonyl (C=O) groups excluding carboxylic acids is 1. The zero-order valence-electron chi connectivity index (χ0n) is 23.4. The number of aromatic amines is 1. The summed E-state index contributed by atoms with van der Waals surface area (Å²) in [4.78, 5) is 34.5. The van der Waals surface area contributed by atoms with Crippen molar-refractivity contribution in [1.29, 1.82) is 0 Å². The van der Waals surface area contributed by atoms with Gasteiger partial charge in [-0.1, -0.05) is 55.3 Å². The van der Waals surface area contributed by atoms with Gasteiger partial charge >= 0.3 is 0 Å². The van der Waals surface area contributed by atoms with Crippen molar-refractivity contribution in [3.63, 3.8) is 0 Å². The van der Waals surface area contributed by atoms with Crippen molar-refractivity contribution in [2.75, 3.05) is 7.11 Å². The number of H-pyrrole nitrogens is 1. The van der Waals surface area contributed by atoms with Crippen LogP contribution in [0.5, 0.6) is 5.75 Å². The first-order valence-electron chi connectivity index (χ1n) is 14.2. The van der Waals surface area contributed by atoms with Crippen LogP contribution in [0, 0.1) is 6.92 Å². The fourth-order valence-electron chi connectivity index (χ4n) is 5.96. The molecule has 0 aliphatic heterocycles. The van der Waals surface area contributed by atoms with Gasteiger partial charge in [-0.25, -0.2) is 4.98 Å². The first-order valence-corrected chi connectivity index (χ1v) is 14.2. The summed E-state index contributed by atoms with van der Waals surface area (Å²) in [5.41, 5.74) is 7.59. The van der Waals surface area contributed by atoms with E-state index < -0.39 is 0 Å². The molecule has 2 aromatic carbocycles. The third-order valence-corrected chi connectivity index (χ3v) is 8.10. The Balaban J connectivity index is 1.35. The van der Waals surface area contributed by atoms with Crippen molar-refractivity contribution in [2.45, 2.75) is 51.5 Å². The summed E-state index contributed by atoms with van der Waals surface area (Å²) in [7, 11) is 1.65. The fraction of sp³-hybridized carbons (Fsp3) is 0.265. The van der Waals surface area contributed by atoms with Crippen molar-refractivity contribution in [3.8, 4) is 16.9 Å². The van der Waals surface area contributed by atoms with Crippen molar-refractivity contribution < 1.29 is 9.53 Å². The Morgan fingerprint density at radius 2 is 1.78 bits per heavy atom. The minimum Gasteiger partial charge on any atom is -0.497 e. The highest BCUT2D eigenvalue weighted by Gasteiger charge is 2.24. The van der Waals surface area contributed by atoms with Crippen LogP contribution in [0.25, 0.3) is 16.6 Å². The number of imidazole rings is 1. The standard InChI is InChI=1S/C34H34N4O3/c1-22-16-27(17-23-8-4-3-5-9-23)29(33(39)37-22)20-35-34(40)31-19-26(24-12-14-28(41-2)15-13-24)18-30-32(36-21-38(30)31)25-10-6-7-11-25/h3-5,8-9,12-16,18-19,21,25H,6-7,10-11,17,20H2,1-2H3,(H,35,40)(H,37,39). The van der Waals surface area contributed by atoms with E-state index in [4.69, 9.17) is 9.72 Å². The Kier molecular flexibility index (Phi) is 7.42. The van der Waals surface area contributed by atoms with Crippen LogP contribution in [0.3, 0.4) is 0 Å². The van der Waals surface area contributed by atoms with Crippen LogP contribution in [0.4, 0.5) is 0 Å². The van der Waals surface area contributed by atoms with E-state index in [-0.39, 0.29) is 18.0 Å². The highest BCUT2D eigenvalue weighted by molar-refractivity contribution is 5.95. The monoisotopic (exact) mass is 546 g/mol. The maximum absolute atomic E-state index is 13.8. The number of ether oxygens (including phenoxy) is 1. The largest absolute Gasteiger partial charge is 0.497 e. The van der Waals surface area contributed by atoms with E-state index in [2.05, 4.69) is 16.4 Å². The first kappa shape index (κ1) is 26.6. The van der Waals surface area contributed by atoms with E-state index in [0.29, 0.717) is 23.6 Å². The number of nitrogens with zero attached hydrogens (tertiary/aromatic N) is 2. The van der Waals surface area contributed by atoms with Gasteiger partial charge in [0, 0.05) is 23.7 Å². The normalized spacial score (nSPS) is 13.5. The van der Waals surface area contributed by atoms with Gasteiger partial charge in [0.15, 0.2) is 0 Å². The van der Waals surface area contributed by atoms with Crippen molar-refractivity contribution in [3.05, 3.63) is 123 Å². The number of hydrogen-bond donors (Lipinski definition) is 2. The van der Waals surface area contributed by atoms with Crippen LogP contribution in [0.15, 0.2) is 83.9 Å². The molecule has 2 N–H and O–H groups in total. The summed E-state index contributed by atoms with van der Waals surface area (Å²) in [5, 5.41) is 3.04. The molecule has 0 atom stereocenters. The summed E-state index contributed by atoms with van der Waals surface area (Å²) >= 11 is 0. The molecule has 6 rings (SSSR count). The van der Waals surface area contributed by atoms with Gasteiger partial charge in [-0.05, 0) is 78.8 Å². The zero-order valence-corrected chi connectivity index (χ0v) is 23.4. The van der Waals surface area contributed by atoms with E-state index in [0.717, 1.165) is 57.7 Å². The van der Waals surface area contributed by atoms with Crippen LogP contribution in [-0.4, -0.2) is 27.4 Å². The molecular formula is C34H34N4O3. The number of rotatable bonds is 8. The van der Waals surface area contributed by atoms with Gasteiger partial charge in [0.1, 0.15) is 17.8 Å². The third-order valence-electron chi connectivity index (χ3n) is 8.10. The fourth-order valence-corrected chi connectivity index (χ4v) is 5.96. The average molecular weight is 547 g/mol. The number of fused-ring (bicyclic) bond motifs is 1. The molecule has 1 fully saturated rings. The van der Waals surface area contributed by atoms with Crippen molar-refractivity contribution in [1.82, 2.24) is 19.7 Å². The van der Waals surface area contributed by atoms with Crippen LogP contribution < -0.4 is 15.6 Å². The molecule has 1 amide bonds. The average Bonchev–Trinajstić information content (AvgIpc) is 3.67. The van der Waals surface area contributed by atoms with E-state index in [1.807, 2.05) is 78.1 Å². The molecule has 0 unspecified atom stereocenters. The SMILES string of the molecule is COc1ccc(-c2cc(C(=O)NCc3c(Cc4ccccc4)cc(C)[nH]c3=O)n3cnc(C4CCCC4)c3c2)cc1. The molecule has 7 nitrogen and oxygen atoms in total. The molecule has 1 aliphatic rings. The number of carbonyl (C=O) groups is 1. The second kappa shape index (κ2) is 11.5. The van der Waals surface area contributed by atoms with Gasteiger partial charge in [0.05, 0.1) is 18.3 Å². The van der Waals surface area contributed by atoms with Gasteiger partial charge in [-0.3, -0.25) is 14.0 Å². The Hall–Kier alpha value is -4.65. The van der Waals surface area contributed by atoms with Crippen LogP contribution >= 0.6 is 0 Å². The van der Waals surface area contributed by atoms with Gasteiger partial charge in [0.25, 0.3) is 11.5 Å². The van der Waals surface area contributed by atoms with E-state index in [1.54, 1.807) is 13.4 Å². The summed E-state index contributed by atoms with van der Waals surface area (Å²) in [6, 6.07) is 23.9. The number of aromatic nitrogens is 3. The summed E-state index contributed by atoms with van der Waals surface area (Å²) < 4.78 is 7.23. The second-order valence-electron chi connectivity index (χ2n) is 10.9. The molecule has 5 aromatic rings. The van der Waals surface area contributed by atoms with E-state index in [9.17, 15) is 9.59 Å². The van der Waals surface area contributed by atoms with E-state index >= 15 is 0 Å². The maximum atomic E-state index is 13.8. The lowest BCUT2D eigenvalue weighted by atomic mass is 9.99. The Morgan fingerprint density at radius 1 is 1.02 bits per heavy atom. The minimum absolute atomic E-state index is 0.120. The molecule has 3 aromatic heterocycles. The van der Waals surface area contributed by atoms with Crippen LogP contribution in [0.1, 0.15) is 70.2 Å². The topological polar surface area (TPSA) is 88.5 Å². The quantitative estimate of drug-likeness (QED) is 0.243. The number of nitrogens with one attached hydrogen (secondary N) is 2. The summed E-state index contributed by atoms with van der Waals surface area (Å²) in [6.45, 7) is 2.00. The molecule has 0 saturated heterocycles. The van der Waals surface area contributed by atoms with Crippen LogP contribution in [-0.2, 0) is 13.0 Å². The van der Waals surface area contributed by atoms with E-state index in [1.165, 1.54) is 12.8 Å². The predicted molar refractivity (Wildman–Crippen MR) is 161 cm³/mol. The molecule has 208 valence electrons. The predicted octanol–water partition coefficient (Wildman–Crippen LogP) is 6.19. The summed E-state index contributed by atoms with van der Waals surface area (Å²) in [6.07, 6.45) is 7.00. The van der Waals surface area contributed by atoms with Crippen LogP contribution in [0.2, 0.25) is 0 Å². The number of benzene rings is 2. The van der Waals surface area contributed by atoms with Crippen molar-refractivity contribution >= 4 is 11.4 Å². The Labute approximate surface area is 239 Å². The molecule has 0 bridgehead atoms. The van der Waals surface area contributed by atoms with Gasteiger partial charge in [-0.15, -0.1) is 0 Å². The number of amides is 1. The number of hydrogen-bond acceptors (Lipinski definition) is 4. The Morgan fingerprint density at radius 3 is 2.51 bits per heavy atom. The highest BCUT2D eigenvalue weighted by Crippen LogP contribution is 2.37. The first-order chi connectivity index (χ1) is 20.0. The molecule has 1 aliphatic carbocycles. The second-order valence-corrected chi connectivity index (χ2v) is 10.9. The highest BCUT2D eigenvalue weighted by atomic mass is 16.5. The molecule has 0 radical (unpaired) electrons. The molecule has 7 heteroatoms. The lowest BCUT2D eigenvalue weighted by Gasteiger charge is -2.14. The number of aryl methyl sites for hydroxylation is 1. The lowest BCUT2D eigenvalue weighted by Crippen LogP contribution is -2.29. The third kappa shape index (κ3) is 5.53.